The molecule has 0 aliphatic rings. The van der Waals surface area contributed by atoms with Crippen molar-refractivity contribution < 1.29 is 0 Å². The van der Waals surface area contributed by atoms with E-state index in [1.165, 1.54) is 4.57 Å². The molecule has 0 N–H and O–H groups in total. The Bertz CT molecular complexity index is 1420. The molecule has 1 aromatic heterocycles. The van der Waals surface area contributed by atoms with E-state index in [1.807, 2.05) is 72.8 Å². The van der Waals surface area contributed by atoms with Crippen LogP contribution >= 0.6 is 0 Å². The van der Waals surface area contributed by atoms with E-state index < -0.39 is 0 Å². The first-order valence-electron chi connectivity index (χ1n) is 10.1. The first-order valence-corrected chi connectivity index (χ1v) is 10.1. The minimum absolute atomic E-state index is 0.204. The molecule has 5 aromatic rings. The fourth-order valence-electron chi connectivity index (χ4n) is 4.18. The topological polar surface area (TPSA) is 39.1 Å². The van der Waals surface area contributed by atoms with Gasteiger partial charge in [-0.3, -0.25) is 14.2 Å². The van der Waals surface area contributed by atoms with Gasteiger partial charge in [-0.15, -0.1) is 0 Å². The molecule has 0 spiro atoms. The first-order chi connectivity index (χ1) is 14.2. The van der Waals surface area contributed by atoms with Crippen LogP contribution in [-0.4, -0.2) is 4.57 Å². The van der Waals surface area contributed by atoms with E-state index in [9.17, 15) is 9.59 Å². The van der Waals surface area contributed by atoms with Crippen LogP contribution in [0, 0.1) is 0 Å². The molecule has 0 unspecified atom stereocenters. The molecule has 0 amide bonds. The van der Waals surface area contributed by atoms with Crippen LogP contribution in [0.1, 0.15) is 19.8 Å². The Morgan fingerprint density at radius 2 is 1.00 bits per heavy atom. The molecule has 0 saturated heterocycles. The van der Waals surface area contributed by atoms with E-state index in [0.717, 1.165) is 45.2 Å². The van der Waals surface area contributed by atoms with Crippen LogP contribution in [0.15, 0.2) is 82.4 Å². The van der Waals surface area contributed by atoms with Crippen molar-refractivity contribution in [1.29, 1.82) is 0 Å². The summed E-state index contributed by atoms with van der Waals surface area (Å²) in [6, 6.07) is 24.0. The highest BCUT2D eigenvalue weighted by Crippen LogP contribution is 2.28. The highest BCUT2D eigenvalue weighted by atomic mass is 16.2. The third kappa shape index (κ3) is 2.82. The van der Waals surface area contributed by atoms with Crippen LogP contribution in [0.3, 0.4) is 0 Å². The molecule has 0 aliphatic heterocycles. The SMILES string of the molecule is CCCCn1c(=O)c2cc3ccccc3cc2c2cc3ccccc3cc2c1=O. The Labute approximate surface area is 167 Å². The summed E-state index contributed by atoms with van der Waals surface area (Å²) >= 11 is 0. The number of benzene rings is 4. The van der Waals surface area contributed by atoms with Gasteiger partial charge in [-0.05, 0) is 63.0 Å². The Kier molecular flexibility index (Phi) is 4.17. The lowest BCUT2D eigenvalue weighted by Gasteiger charge is -2.03. The van der Waals surface area contributed by atoms with Gasteiger partial charge < -0.3 is 0 Å². The molecule has 5 rings (SSSR count). The van der Waals surface area contributed by atoms with Crippen LogP contribution in [-0.2, 0) is 6.54 Å². The molecule has 0 saturated carbocycles. The lowest BCUT2D eigenvalue weighted by molar-refractivity contribution is 0.605. The van der Waals surface area contributed by atoms with Crippen molar-refractivity contribution in [2.24, 2.45) is 0 Å². The van der Waals surface area contributed by atoms with E-state index in [2.05, 4.69) is 6.92 Å². The van der Waals surface area contributed by atoms with Crippen molar-refractivity contribution in [3.63, 3.8) is 0 Å². The predicted octanol–water partition coefficient (Wildman–Crippen LogP) is 5.62. The molecule has 0 aliphatic carbocycles. The smallest absolute Gasteiger partial charge is 0.261 e. The second-order valence-corrected chi connectivity index (χ2v) is 7.61. The fourth-order valence-corrected chi connectivity index (χ4v) is 4.18. The first kappa shape index (κ1) is 17.6. The van der Waals surface area contributed by atoms with Crippen molar-refractivity contribution in [3.05, 3.63) is 93.5 Å². The van der Waals surface area contributed by atoms with Gasteiger partial charge >= 0.3 is 0 Å². The maximum atomic E-state index is 13.5. The maximum Gasteiger partial charge on any atom is 0.261 e. The van der Waals surface area contributed by atoms with Crippen LogP contribution in [0.2, 0.25) is 0 Å². The predicted molar refractivity (Wildman–Crippen MR) is 122 cm³/mol. The maximum absolute atomic E-state index is 13.5. The van der Waals surface area contributed by atoms with Gasteiger partial charge in [0.15, 0.2) is 0 Å². The van der Waals surface area contributed by atoms with Crippen LogP contribution in [0.4, 0.5) is 0 Å². The van der Waals surface area contributed by atoms with Gasteiger partial charge in [0.2, 0.25) is 0 Å². The third-order valence-corrected chi connectivity index (χ3v) is 5.75. The highest BCUT2D eigenvalue weighted by Gasteiger charge is 2.13. The van der Waals surface area contributed by atoms with Gasteiger partial charge in [0, 0.05) is 17.3 Å². The number of hydrogen-bond donors (Lipinski definition) is 0. The molecule has 1 heterocycles. The normalized spacial score (nSPS) is 11.6. The van der Waals surface area contributed by atoms with Gasteiger partial charge in [0.05, 0.1) is 0 Å². The van der Waals surface area contributed by atoms with Crippen LogP contribution in [0.25, 0.3) is 43.1 Å². The molecule has 3 heteroatoms. The van der Waals surface area contributed by atoms with Gasteiger partial charge in [-0.2, -0.15) is 0 Å². The summed E-state index contributed by atoms with van der Waals surface area (Å²) in [6.45, 7) is 2.50. The molecule has 0 bridgehead atoms. The Hall–Kier alpha value is -3.46. The lowest BCUT2D eigenvalue weighted by Crippen LogP contribution is -2.30. The molecule has 29 heavy (non-hydrogen) atoms. The Morgan fingerprint density at radius 3 is 1.38 bits per heavy atom. The summed E-state index contributed by atoms with van der Waals surface area (Å²) in [7, 11) is 0. The lowest BCUT2D eigenvalue weighted by atomic mass is 9.99. The summed E-state index contributed by atoms with van der Waals surface area (Å²) in [5.41, 5.74) is -0.408. The van der Waals surface area contributed by atoms with E-state index in [0.29, 0.717) is 17.3 Å². The number of nitrogens with zero attached hydrogens (tertiary/aromatic N) is 1. The molecule has 4 aromatic carbocycles. The number of aromatic nitrogens is 1. The van der Waals surface area contributed by atoms with Crippen molar-refractivity contribution in [2.45, 2.75) is 26.3 Å². The number of fused-ring (bicyclic) bond motifs is 5. The van der Waals surface area contributed by atoms with Crippen molar-refractivity contribution in [2.75, 3.05) is 0 Å². The molecular formula is C26H21NO2. The van der Waals surface area contributed by atoms with Crippen molar-refractivity contribution in [3.8, 4) is 0 Å². The van der Waals surface area contributed by atoms with Gasteiger partial charge in [0.1, 0.15) is 0 Å². The Morgan fingerprint density at radius 1 is 0.621 bits per heavy atom. The second-order valence-electron chi connectivity index (χ2n) is 7.61. The zero-order valence-corrected chi connectivity index (χ0v) is 16.3. The standard InChI is InChI=1S/C26H21NO2/c1-2-3-12-27-25(28)23-15-19-10-6-4-8-17(19)13-21(23)22-14-18-9-5-7-11-20(18)16-24(22)26(27)29/h4-11,13-16H,2-3,12H2,1H3. The van der Waals surface area contributed by atoms with E-state index in [1.54, 1.807) is 0 Å². The summed E-state index contributed by atoms with van der Waals surface area (Å²) in [5.74, 6) is 0. The summed E-state index contributed by atoms with van der Waals surface area (Å²) in [6.07, 6.45) is 1.72. The van der Waals surface area contributed by atoms with E-state index >= 15 is 0 Å². The van der Waals surface area contributed by atoms with E-state index in [-0.39, 0.29) is 11.1 Å². The van der Waals surface area contributed by atoms with Crippen LogP contribution < -0.4 is 11.1 Å². The summed E-state index contributed by atoms with van der Waals surface area (Å²) in [4.78, 5) is 26.9. The van der Waals surface area contributed by atoms with Gasteiger partial charge in [0.25, 0.3) is 11.1 Å². The minimum atomic E-state index is -0.204. The largest absolute Gasteiger partial charge is 0.274 e. The Balaban J connectivity index is 2.08. The third-order valence-electron chi connectivity index (χ3n) is 5.75. The monoisotopic (exact) mass is 379 g/mol. The van der Waals surface area contributed by atoms with Crippen molar-refractivity contribution >= 4 is 43.1 Å². The van der Waals surface area contributed by atoms with Gasteiger partial charge in [-0.25, -0.2) is 0 Å². The minimum Gasteiger partial charge on any atom is -0.274 e. The molecule has 3 nitrogen and oxygen atoms in total. The zero-order chi connectivity index (χ0) is 20.0. The van der Waals surface area contributed by atoms with E-state index in [4.69, 9.17) is 0 Å². The quantitative estimate of drug-likeness (QED) is 0.408. The number of rotatable bonds is 3. The molecule has 142 valence electrons. The summed E-state index contributed by atoms with van der Waals surface area (Å²) in [5, 5.41) is 7.01. The average Bonchev–Trinajstić information content (AvgIpc) is 2.84. The zero-order valence-electron chi connectivity index (χ0n) is 16.3. The van der Waals surface area contributed by atoms with Crippen LogP contribution in [0.5, 0.6) is 0 Å². The highest BCUT2D eigenvalue weighted by molar-refractivity contribution is 6.13. The van der Waals surface area contributed by atoms with Gasteiger partial charge in [-0.1, -0.05) is 61.9 Å². The second kappa shape index (κ2) is 6.85. The summed E-state index contributed by atoms with van der Waals surface area (Å²) < 4.78 is 1.43. The number of unbranched alkanes of at least 4 members (excludes halogenated alkanes) is 1. The fraction of sp³-hybridized carbons (Fsp3) is 0.154. The van der Waals surface area contributed by atoms with Crippen molar-refractivity contribution in [1.82, 2.24) is 4.57 Å². The molecular weight excluding hydrogens is 358 g/mol. The molecule has 0 fully saturated rings. The number of hydrogen-bond acceptors (Lipinski definition) is 2. The molecule has 0 radical (unpaired) electrons. The molecule has 0 atom stereocenters. The average molecular weight is 379 g/mol.